The van der Waals surface area contributed by atoms with Crippen molar-refractivity contribution in [3.8, 4) is 0 Å². The number of rotatable bonds is 0. The van der Waals surface area contributed by atoms with E-state index in [1.54, 1.807) is 0 Å². The SMILES string of the molecule is O[Si](O)(O)O.[CaH2].[KH].[MgH2]. The fourth-order valence-corrected chi connectivity index (χ4v) is 0. The van der Waals surface area contributed by atoms with Gasteiger partial charge in [-0.3, -0.25) is 0 Å². The molecule has 0 spiro atoms. The van der Waals surface area contributed by atoms with Gasteiger partial charge in [0.2, 0.25) is 0 Å². The molecule has 4 nitrogen and oxygen atoms in total. The minimum atomic E-state index is -4.61. The van der Waals surface area contributed by atoms with Gasteiger partial charge in [0.1, 0.15) is 0 Å². The van der Waals surface area contributed by atoms with E-state index >= 15 is 0 Å². The van der Waals surface area contributed by atoms with E-state index in [-0.39, 0.29) is 112 Å². The zero-order chi connectivity index (χ0) is 4.50. The molecule has 0 fully saturated rings. The summed E-state index contributed by atoms with van der Waals surface area (Å²) in [6.45, 7) is 0. The maximum atomic E-state index is 7.33. The Morgan fingerprint density at radius 1 is 0.875 bits per heavy atom. The zero-order valence-electron chi connectivity index (χ0n) is 2.29. The largest absolute Gasteiger partial charge is 0.316 e. The van der Waals surface area contributed by atoms with Crippen LogP contribution in [0.3, 0.4) is 0 Å². The Labute approximate surface area is 137 Å². The summed E-state index contributed by atoms with van der Waals surface area (Å²) in [6, 6.07) is 0. The Bertz CT molecular complexity index is 31.5. The fraction of sp³-hybridized carbons (Fsp3) is 0. The van der Waals surface area contributed by atoms with E-state index in [2.05, 4.69) is 0 Å². The number of hydrogen-bond donors (Lipinski definition) is 4. The van der Waals surface area contributed by atoms with Gasteiger partial charge in [0.25, 0.3) is 0 Å². The van der Waals surface area contributed by atoms with Crippen molar-refractivity contribution in [2.75, 3.05) is 0 Å². The molecule has 0 aromatic rings. The summed E-state index contributed by atoms with van der Waals surface area (Å²) >= 11 is 0. The zero-order valence-corrected chi connectivity index (χ0v) is 3.29. The second kappa shape index (κ2) is 10.7. The monoisotopic (exact) mass is 204 g/mol. The third-order valence-corrected chi connectivity index (χ3v) is 0. The molecule has 4 N–H and O–H groups in total. The first-order valence-corrected chi connectivity index (χ1v) is 2.68. The van der Waals surface area contributed by atoms with E-state index < -0.39 is 9.05 Å². The van der Waals surface area contributed by atoms with Crippen molar-refractivity contribution >= 4 is 121 Å². The van der Waals surface area contributed by atoms with E-state index in [1.807, 2.05) is 0 Å². The van der Waals surface area contributed by atoms with Gasteiger partial charge in [-0.1, -0.05) is 0 Å². The third-order valence-electron chi connectivity index (χ3n) is 0. The average Bonchev–Trinajstić information content (AvgIpc) is 0.722. The molecule has 42 valence electrons. The Morgan fingerprint density at radius 2 is 0.875 bits per heavy atom. The van der Waals surface area contributed by atoms with Crippen molar-refractivity contribution in [3.05, 3.63) is 0 Å². The second-order valence-electron chi connectivity index (χ2n) is 0.600. The summed E-state index contributed by atoms with van der Waals surface area (Å²) in [5.41, 5.74) is 0. The van der Waals surface area contributed by atoms with Crippen molar-refractivity contribution in [2.45, 2.75) is 0 Å². The molecule has 0 radical (unpaired) electrons. The predicted octanol–water partition coefficient (Wildman–Crippen LogP) is -5.09. The van der Waals surface area contributed by atoms with E-state index in [0.717, 1.165) is 0 Å². The molecular weight excluding hydrogens is 196 g/mol. The first kappa shape index (κ1) is 22.6. The van der Waals surface area contributed by atoms with Crippen molar-refractivity contribution < 1.29 is 19.2 Å². The molecule has 0 heterocycles. The van der Waals surface area contributed by atoms with Gasteiger partial charge < -0.3 is 19.2 Å². The molecule has 0 saturated heterocycles. The molecule has 0 aromatic heterocycles. The van der Waals surface area contributed by atoms with Crippen LogP contribution in [0.5, 0.6) is 0 Å². The van der Waals surface area contributed by atoms with Crippen LogP contribution in [0.2, 0.25) is 0 Å². The number of hydrogen-bond acceptors (Lipinski definition) is 4. The Kier molecular flexibility index (Phi) is 30.3. The molecule has 8 heteroatoms. The quantitative estimate of drug-likeness (QED) is 0.298. The van der Waals surface area contributed by atoms with Crippen LogP contribution in [0.1, 0.15) is 0 Å². The van der Waals surface area contributed by atoms with Crippen LogP contribution < -0.4 is 0 Å². The van der Waals surface area contributed by atoms with Crippen LogP contribution in [0.15, 0.2) is 0 Å². The van der Waals surface area contributed by atoms with Crippen LogP contribution in [0.25, 0.3) is 0 Å². The fourth-order valence-electron chi connectivity index (χ4n) is 0. The van der Waals surface area contributed by atoms with E-state index in [9.17, 15) is 0 Å². The molecular formula is H9CaKMgO4Si. The summed E-state index contributed by atoms with van der Waals surface area (Å²) in [5.74, 6) is 0. The van der Waals surface area contributed by atoms with E-state index in [1.165, 1.54) is 0 Å². The summed E-state index contributed by atoms with van der Waals surface area (Å²) in [4.78, 5) is 29.3. The topological polar surface area (TPSA) is 80.9 Å². The molecule has 0 atom stereocenters. The van der Waals surface area contributed by atoms with Gasteiger partial charge in [0.05, 0.1) is 0 Å². The van der Waals surface area contributed by atoms with Gasteiger partial charge in [0, 0.05) is 0 Å². The summed E-state index contributed by atoms with van der Waals surface area (Å²) in [5, 5.41) is 0. The average molecular weight is 205 g/mol. The summed E-state index contributed by atoms with van der Waals surface area (Å²) in [7, 11) is -4.61. The molecule has 0 aliphatic carbocycles. The summed E-state index contributed by atoms with van der Waals surface area (Å²) in [6.07, 6.45) is 0. The van der Waals surface area contributed by atoms with Gasteiger partial charge >= 0.3 is 121 Å². The maximum Gasteiger partial charge on any atom is 0.316 e. The molecule has 0 aliphatic heterocycles. The molecule has 0 aromatic carbocycles. The smallest absolute Gasteiger partial charge is 0.316 e. The van der Waals surface area contributed by atoms with E-state index in [0.29, 0.717) is 0 Å². The molecule has 0 rings (SSSR count). The van der Waals surface area contributed by atoms with Gasteiger partial charge in [-0.25, -0.2) is 0 Å². The van der Waals surface area contributed by atoms with Gasteiger partial charge in [-0.2, -0.15) is 0 Å². The van der Waals surface area contributed by atoms with Gasteiger partial charge in [-0.15, -0.1) is 0 Å². The third kappa shape index (κ3) is 53.4. The second-order valence-corrected chi connectivity index (χ2v) is 1.80. The first-order valence-electron chi connectivity index (χ1n) is 0.894. The van der Waals surface area contributed by atoms with Crippen molar-refractivity contribution in [1.82, 2.24) is 0 Å². The Balaban J connectivity index is -0.0000000267. The minimum Gasteiger partial charge on any atom is 0.316 e. The van der Waals surface area contributed by atoms with Crippen LogP contribution in [0, 0.1) is 0 Å². The van der Waals surface area contributed by atoms with E-state index in [4.69, 9.17) is 19.2 Å². The Hall–Kier alpha value is 3.72. The van der Waals surface area contributed by atoms with Crippen LogP contribution in [-0.2, 0) is 0 Å². The normalized spacial score (nSPS) is 7.50. The molecule has 8 heavy (non-hydrogen) atoms. The first-order chi connectivity index (χ1) is 2.00. The van der Waals surface area contributed by atoms with Crippen LogP contribution in [0.4, 0.5) is 0 Å². The molecule has 0 amide bonds. The van der Waals surface area contributed by atoms with Gasteiger partial charge in [0.15, 0.2) is 0 Å². The minimum absolute atomic E-state index is 0. The van der Waals surface area contributed by atoms with Crippen LogP contribution >= 0.6 is 0 Å². The predicted molar refractivity (Wildman–Crippen MR) is 38.9 cm³/mol. The van der Waals surface area contributed by atoms with Crippen molar-refractivity contribution in [2.24, 2.45) is 0 Å². The summed E-state index contributed by atoms with van der Waals surface area (Å²) < 4.78 is 0. The molecule has 0 saturated carbocycles. The maximum absolute atomic E-state index is 7.33. The van der Waals surface area contributed by atoms with Crippen LogP contribution in [-0.4, -0.2) is 140 Å². The van der Waals surface area contributed by atoms with Crippen molar-refractivity contribution in [3.63, 3.8) is 0 Å². The molecule has 0 aliphatic rings. The Morgan fingerprint density at radius 3 is 0.875 bits per heavy atom. The van der Waals surface area contributed by atoms with Crippen molar-refractivity contribution in [1.29, 1.82) is 0 Å². The standard InChI is InChI=1S/Ca.K.Mg.H4O4Si.5H/c;;;1-5(2,3)4;;;;;/h;;;1-4H;;;;;. The van der Waals surface area contributed by atoms with Gasteiger partial charge in [-0.05, 0) is 0 Å². The molecule has 0 bridgehead atoms. The molecule has 0 unspecified atom stereocenters.